The van der Waals surface area contributed by atoms with E-state index in [0.717, 1.165) is 32.1 Å². The smallest absolute Gasteiger partial charge is 0.376 e. The van der Waals surface area contributed by atoms with Crippen molar-refractivity contribution in [1.82, 2.24) is 0 Å². The van der Waals surface area contributed by atoms with Crippen molar-refractivity contribution in [1.29, 1.82) is 0 Å². The molecule has 0 aromatic rings. The Kier molecular flexibility index (Phi) is 4.77. The van der Waals surface area contributed by atoms with Crippen LogP contribution in [0.25, 0.3) is 0 Å². The number of ether oxygens (including phenoxy) is 3. The molecule has 0 aromatic heterocycles. The summed E-state index contributed by atoms with van der Waals surface area (Å²) in [7, 11) is 0. The number of carbonyl (C=O) groups excluding carboxylic acids is 1. The van der Waals surface area contributed by atoms with Gasteiger partial charge in [0.15, 0.2) is 0 Å². The minimum Gasteiger partial charge on any atom is -0.465 e. The first-order valence-electron chi connectivity index (χ1n) is 9.47. The fraction of sp³-hybridized carbons (Fsp3) is 0.850. The SMILES string of the molecule is C=C(OCC12CC3CC(C1)C(OC(=O)C(C)(F)F)C(C3)C2)OC(C)(C)C. The minimum atomic E-state index is -3.43. The van der Waals surface area contributed by atoms with Crippen molar-refractivity contribution in [2.75, 3.05) is 6.61 Å². The third kappa shape index (κ3) is 4.15. The fourth-order valence-electron chi connectivity index (χ4n) is 5.35. The van der Waals surface area contributed by atoms with Crippen molar-refractivity contribution >= 4 is 5.97 Å². The Bertz CT molecular complexity index is 559. The second kappa shape index (κ2) is 6.38. The van der Waals surface area contributed by atoms with Gasteiger partial charge in [0.05, 0.1) is 6.61 Å². The maximum Gasteiger partial charge on any atom is 0.376 e. The van der Waals surface area contributed by atoms with E-state index in [1.807, 2.05) is 20.8 Å². The van der Waals surface area contributed by atoms with E-state index in [1.165, 1.54) is 0 Å². The first kappa shape index (κ1) is 19.4. The highest BCUT2D eigenvalue weighted by Gasteiger charge is 2.57. The van der Waals surface area contributed by atoms with Crippen LogP contribution in [0.4, 0.5) is 8.78 Å². The predicted octanol–water partition coefficient (Wildman–Crippen LogP) is 4.68. The van der Waals surface area contributed by atoms with E-state index >= 15 is 0 Å². The van der Waals surface area contributed by atoms with Crippen molar-refractivity contribution in [2.45, 2.75) is 77.4 Å². The van der Waals surface area contributed by atoms with Crippen LogP contribution in [0.15, 0.2) is 12.5 Å². The molecule has 0 amide bonds. The van der Waals surface area contributed by atoms with Gasteiger partial charge in [-0.2, -0.15) is 8.78 Å². The molecule has 0 radical (unpaired) electrons. The first-order chi connectivity index (χ1) is 11.9. The zero-order chi connectivity index (χ0) is 19.3. The molecule has 4 fully saturated rings. The molecule has 4 rings (SSSR count). The summed E-state index contributed by atoms with van der Waals surface area (Å²) in [5.41, 5.74) is -0.346. The van der Waals surface area contributed by atoms with Crippen molar-refractivity contribution < 1.29 is 27.8 Å². The molecule has 0 aliphatic heterocycles. The van der Waals surface area contributed by atoms with Gasteiger partial charge in [-0.05, 0) is 77.2 Å². The summed E-state index contributed by atoms with van der Waals surface area (Å²) in [5.74, 6) is -3.66. The highest BCUT2D eigenvalue weighted by molar-refractivity contribution is 5.77. The zero-order valence-electron chi connectivity index (χ0n) is 16.1. The van der Waals surface area contributed by atoms with Crippen LogP contribution in [0.3, 0.4) is 0 Å². The third-order valence-corrected chi connectivity index (χ3v) is 5.87. The predicted molar refractivity (Wildman–Crippen MR) is 92.4 cm³/mol. The summed E-state index contributed by atoms with van der Waals surface area (Å²) in [6.07, 6.45) is 4.28. The Morgan fingerprint density at radius 3 is 2.19 bits per heavy atom. The van der Waals surface area contributed by atoms with Crippen LogP contribution in [0.5, 0.6) is 0 Å². The summed E-state index contributed by atoms with van der Waals surface area (Å²) >= 11 is 0. The van der Waals surface area contributed by atoms with Gasteiger partial charge in [0.25, 0.3) is 5.95 Å². The molecule has 4 nitrogen and oxygen atoms in total. The number of esters is 1. The number of halogens is 2. The van der Waals surface area contributed by atoms with Gasteiger partial charge in [-0.15, -0.1) is 0 Å². The van der Waals surface area contributed by atoms with Crippen LogP contribution in [-0.4, -0.2) is 30.2 Å². The van der Waals surface area contributed by atoms with Crippen LogP contribution in [0.1, 0.15) is 59.8 Å². The van der Waals surface area contributed by atoms with E-state index in [4.69, 9.17) is 14.2 Å². The fourth-order valence-corrected chi connectivity index (χ4v) is 5.35. The molecule has 4 saturated carbocycles. The van der Waals surface area contributed by atoms with Gasteiger partial charge in [0, 0.05) is 12.3 Å². The van der Waals surface area contributed by atoms with E-state index in [-0.39, 0.29) is 29.0 Å². The molecule has 0 heterocycles. The van der Waals surface area contributed by atoms with E-state index < -0.39 is 11.9 Å². The topological polar surface area (TPSA) is 44.8 Å². The van der Waals surface area contributed by atoms with Crippen LogP contribution < -0.4 is 0 Å². The molecule has 0 aromatic carbocycles. The van der Waals surface area contributed by atoms with Gasteiger partial charge in [0.2, 0.25) is 0 Å². The Morgan fingerprint density at radius 2 is 1.69 bits per heavy atom. The minimum absolute atomic E-state index is 0.0122. The number of hydrogen-bond acceptors (Lipinski definition) is 4. The summed E-state index contributed by atoms with van der Waals surface area (Å²) in [4.78, 5) is 11.7. The molecule has 4 aliphatic rings. The zero-order valence-corrected chi connectivity index (χ0v) is 16.1. The van der Waals surface area contributed by atoms with Crippen molar-refractivity contribution in [3.05, 3.63) is 12.5 Å². The molecule has 0 N–H and O–H groups in total. The van der Waals surface area contributed by atoms with Crippen LogP contribution >= 0.6 is 0 Å². The lowest BCUT2D eigenvalue weighted by Gasteiger charge is -2.59. The number of alkyl halides is 2. The van der Waals surface area contributed by atoms with Gasteiger partial charge in [-0.3, -0.25) is 0 Å². The molecule has 148 valence electrons. The number of rotatable bonds is 6. The molecule has 2 atom stereocenters. The summed E-state index contributed by atoms with van der Waals surface area (Å²) in [5, 5.41) is 0. The average molecular weight is 372 g/mol. The molecular formula is C20H30F2O4. The van der Waals surface area contributed by atoms with Gasteiger partial charge in [-0.1, -0.05) is 0 Å². The monoisotopic (exact) mass is 372 g/mol. The summed E-state index contributed by atoms with van der Waals surface area (Å²) < 4.78 is 43.2. The van der Waals surface area contributed by atoms with Gasteiger partial charge >= 0.3 is 11.9 Å². The largest absolute Gasteiger partial charge is 0.465 e. The van der Waals surface area contributed by atoms with E-state index in [0.29, 0.717) is 25.4 Å². The normalized spacial score (nSPS) is 35.9. The number of carbonyl (C=O) groups is 1. The maximum absolute atomic E-state index is 13.2. The highest BCUT2D eigenvalue weighted by atomic mass is 19.3. The quantitative estimate of drug-likeness (QED) is 0.501. The molecule has 4 aliphatic carbocycles. The van der Waals surface area contributed by atoms with Crippen molar-refractivity contribution in [3.63, 3.8) is 0 Å². The van der Waals surface area contributed by atoms with Crippen molar-refractivity contribution in [3.8, 4) is 0 Å². The Balaban J connectivity index is 1.62. The lowest BCUT2D eigenvalue weighted by molar-refractivity contribution is -0.206. The average Bonchev–Trinajstić information content (AvgIpc) is 2.45. The first-order valence-corrected chi connectivity index (χ1v) is 9.47. The number of hydrogen-bond donors (Lipinski definition) is 0. The molecular weight excluding hydrogens is 342 g/mol. The lowest BCUT2D eigenvalue weighted by atomic mass is 9.49. The Morgan fingerprint density at radius 1 is 1.12 bits per heavy atom. The van der Waals surface area contributed by atoms with E-state index in [1.54, 1.807) is 0 Å². The molecule has 26 heavy (non-hydrogen) atoms. The lowest BCUT2D eigenvalue weighted by Crippen LogP contribution is -2.56. The van der Waals surface area contributed by atoms with E-state index in [2.05, 4.69) is 6.58 Å². The summed E-state index contributed by atoms with van der Waals surface area (Å²) in [6.45, 7) is 10.8. The van der Waals surface area contributed by atoms with E-state index in [9.17, 15) is 13.6 Å². The van der Waals surface area contributed by atoms with Crippen LogP contribution in [0, 0.1) is 23.2 Å². The highest BCUT2D eigenvalue weighted by Crippen LogP contribution is 2.61. The molecule has 0 saturated heterocycles. The van der Waals surface area contributed by atoms with Gasteiger partial charge in [-0.25, -0.2) is 4.79 Å². The summed E-state index contributed by atoms with van der Waals surface area (Å²) in [6, 6.07) is 0. The Hall–Kier alpha value is -1.33. The van der Waals surface area contributed by atoms with Gasteiger partial charge in [0.1, 0.15) is 11.7 Å². The molecule has 4 bridgehead atoms. The second-order valence-electron chi connectivity index (χ2n) is 9.60. The molecule has 6 heteroatoms. The molecule has 0 spiro atoms. The van der Waals surface area contributed by atoms with Crippen LogP contribution in [-0.2, 0) is 19.0 Å². The maximum atomic E-state index is 13.2. The van der Waals surface area contributed by atoms with Gasteiger partial charge < -0.3 is 14.2 Å². The second-order valence-corrected chi connectivity index (χ2v) is 9.60. The third-order valence-electron chi connectivity index (χ3n) is 5.87. The Labute approximate surface area is 154 Å². The van der Waals surface area contributed by atoms with Crippen molar-refractivity contribution in [2.24, 2.45) is 23.2 Å². The molecule has 2 unspecified atom stereocenters. The standard InChI is InChI=1S/C20H30F2O4/c1-12(26-18(2,3)4)24-11-20-8-13-6-14(9-20)16(15(7-13)10-20)25-17(23)19(5,21)22/h13-16H,1,6-11H2,2-5H3. The van der Waals surface area contributed by atoms with Crippen LogP contribution in [0.2, 0.25) is 0 Å².